The fourth-order valence-corrected chi connectivity index (χ4v) is 8.44. The summed E-state index contributed by atoms with van der Waals surface area (Å²) in [6.45, 7) is 14.5. The first-order valence-corrected chi connectivity index (χ1v) is 15.8. The van der Waals surface area contributed by atoms with E-state index in [-0.39, 0.29) is 25.0 Å². The molecule has 5 rings (SSSR count). The van der Waals surface area contributed by atoms with Gasteiger partial charge in [0.15, 0.2) is 17.5 Å². The van der Waals surface area contributed by atoms with Gasteiger partial charge in [-0.3, -0.25) is 14.4 Å². The third-order valence-electron chi connectivity index (χ3n) is 10.7. The number of hydrogen-bond donors (Lipinski definition) is 2. The second kappa shape index (κ2) is 11.2. The molecule has 9 atom stereocenters. The third kappa shape index (κ3) is 5.10. The van der Waals surface area contributed by atoms with Crippen molar-refractivity contribution in [2.24, 2.45) is 16.7 Å². The molecule has 0 spiro atoms. The van der Waals surface area contributed by atoms with Crippen molar-refractivity contribution in [3.63, 3.8) is 0 Å². The normalized spacial score (nSPS) is 38.3. The lowest BCUT2D eigenvalue weighted by Gasteiger charge is -2.67. The smallest absolute Gasteiger partial charge is 0.338 e. The molecule has 1 aliphatic heterocycles. The van der Waals surface area contributed by atoms with E-state index < -0.39 is 87.8 Å². The van der Waals surface area contributed by atoms with E-state index in [1.807, 2.05) is 20.8 Å². The minimum Gasteiger partial charge on any atom is -0.455 e. The number of fused-ring (bicyclic) bond motifs is 5. The Morgan fingerprint density at radius 2 is 1.63 bits per heavy atom. The van der Waals surface area contributed by atoms with Gasteiger partial charge in [0.1, 0.15) is 17.8 Å². The fraction of sp³-hybridized carbons (Fsp3) is 0.657. The lowest BCUT2D eigenvalue weighted by atomic mass is 9.44. The van der Waals surface area contributed by atoms with Crippen LogP contribution in [0.4, 0.5) is 0 Å². The van der Waals surface area contributed by atoms with Gasteiger partial charge in [0.05, 0.1) is 41.3 Å². The van der Waals surface area contributed by atoms with Crippen LogP contribution >= 0.6 is 0 Å². The van der Waals surface area contributed by atoms with Gasteiger partial charge in [-0.05, 0) is 57.9 Å². The van der Waals surface area contributed by atoms with Crippen molar-refractivity contribution in [1.82, 2.24) is 0 Å². The largest absolute Gasteiger partial charge is 0.455 e. The second-order valence-corrected chi connectivity index (χ2v) is 15.0. The predicted molar refractivity (Wildman–Crippen MR) is 163 cm³/mol. The molecule has 4 aliphatic rings. The Bertz CT molecular complexity index is 1460. The molecule has 2 N–H and O–H groups in total. The Labute approximate surface area is 269 Å². The summed E-state index contributed by atoms with van der Waals surface area (Å²) in [6.07, 6.45) is -6.34. The highest BCUT2D eigenvalue weighted by molar-refractivity contribution is 5.95. The zero-order valence-corrected chi connectivity index (χ0v) is 28.0. The van der Waals surface area contributed by atoms with E-state index in [0.29, 0.717) is 11.1 Å². The monoisotopic (exact) mass is 642 g/mol. The summed E-state index contributed by atoms with van der Waals surface area (Å²) >= 11 is 0. The summed E-state index contributed by atoms with van der Waals surface area (Å²) in [5, 5.41) is 25.2. The van der Waals surface area contributed by atoms with Crippen LogP contribution in [0.1, 0.15) is 85.5 Å². The van der Waals surface area contributed by atoms with Gasteiger partial charge in [0, 0.05) is 32.1 Å². The van der Waals surface area contributed by atoms with E-state index in [9.17, 15) is 24.6 Å². The van der Waals surface area contributed by atoms with E-state index in [1.165, 1.54) is 20.8 Å². The molecule has 252 valence electrons. The van der Waals surface area contributed by atoms with Crippen LogP contribution in [0.3, 0.4) is 0 Å². The molecule has 11 heteroatoms. The molecule has 0 radical (unpaired) electrons. The second-order valence-electron chi connectivity index (χ2n) is 15.0. The van der Waals surface area contributed by atoms with Crippen molar-refractivity contribution in [1.29, 1.82) is 0 Å². The van der Waals surface area contributed by atoms with E-state index in [0.717, 1.165) is 0 Å². The van der Waals surface area contributed by atoms with Crippen molar-refractivity contribution in [2.75, 3.05) is 6.61 Å². The first-order chi connectivity index (χ1) is 21.2. The van der Waals surface area contributed by atoms with Gasteiger partial charge in [-0.15, -0.1) is 0 Å². The molecule has 1 aromatic rings. The number of Topliss-reactive ketones (excluding diaryl/α,β-unsaturated/α-hetero) is 1. The van der Waals surface area contributed by atoms with Crippen molar-refractivity contribution in [2.45, 2.75) is 122 Å². The molecule has 1 aromatic carbocycles. The Balaban J connectivity index is 1.86. The highest BCUT2D eigenvalue weighted by Crippen LogP contribution is 2.64. The van der Waals surface area contributed by atoms with E-state index in [2.05, 4.69) is 0 Å². The number of ether oxygens (including phenoxy) is 5. The summed E-state index contributed by atoms with van der Waals surface area (Å²) in [4.78, 5) is 54.5. The molecular formula is C35H46O11. The van der Waals surface area contributed by atoms with E-state index in [1.54, 1.807) is 51.1 Å². The number of carbonyl (C=O) groups excluding carboxylic acids is 4. The van der Waals surface area contributed by atoms with Crippen LogP contribution in [-0.2, 0) is 38.1 Å². The van der Waals surface area contributed by atoms with Crippen molar-refractivity contribution < 1.29 is 53.1 Å². The molecule has 2 bridgehead atoms. The number of aliphatic hydroxyl groups is 2. The van der Waals surface area contributed by atoms with Gasteiger partial charge in [0.2, 0.25) is 0 Å². The Morgan fingerprint density at radius 1 is 1.00 bits per heavy atom. The van der Waals surface area contributed by atoms with Crippen LogP contribution in [0.5, 0.6) is 0 Å². The zero-order chi connectivity index (χ0) is 34.2. The average molecular weight is 643 g/mol. The minimum absolute atomic E-state index is 0.0895. The molecular weight excluding hydrogens is 596 g/mol. The van der Waals surface area contributed by atoms with Crippen LogP contribution in [0.25, 0.3) is 0 Å². The number of carbonyl (C=O) groups is 4. The van der Waals surface area contributed by atoms with Gasteiger partial charge in [-0.1, -0.05) is 32.0 Å². The first kappa shape index (κ1) is 34.2. The van der Waals surface area contributed by atoms with Gasteiger partial charge >= 0.3 is 17.9 Å². The van der Waals surface area contributed by atoms with Gasteiger partial charge in [-0.25, -0.2) is 4.79 Å². The summed E-state index contributed by atoms with van der Waals surface area (Å²) < 4.78 is 30.6. The van der Waals surface area contributed by atoms with Crippen molar-refractivity contribution in [3.05, 3.63) is 47.0 Å². The van der Waals surface area contributed by atoms with E-state index >= 15 is 4.79 Å². The summed E-state index contributed by atoms with van der Waals surface area (Å²) in [6, 6.07) is 8.21. The van der Waals surface area contributed by atoms with Crippen molar-refractivity contribution >= 4 is 23.7 Å². The molecule has 3 aliphatic carbocycles. The van der Waals surface area contributed by atoms with Gasteiger partial charge < -0.3 is 33.9 Å². The fourth-order valence-electron chi connectivity index (χ4n) is 8.44. The van der Waals surface area contributed by atoms with Crippen LogP contribution in [-0.4, -0.2) is 87.8 Å². The summed E-state index contributed by atoms with van der Waals surface area (Å²) in [5.74, 6) is -4.19. The number of ketones is 1. The molecule has 11 nitrogen and oxygen atoms in total. The maximum atomic E-state index is 15.1. The topological polar surface area (TPSA) is 155 Å². The Morgan fingerprint density at radius 3 is 2.15 bits per heavy atom. The van der Waals surface area contributed by atoms with Gasteiger partial charge in [-0.2, -0.15) is 0 Å². The van der Waals surface area contributed by atoms with E-state index in [4.69, 9.17) is 23.7 Å². The maximum absolute atomic E-state index is 15.1. The Kier molecular flexibility index (Phi) is 8.37. The van der Waals surface area contributed by atoms with Crippen LogP contribution in [0.2, 0.25) is 0 Å². The first-order valence-electron chi connectivity index (χ1n) is 15.8. The quantitative estimate of drug-likeness (QED) is 0.276. The molecule has 46 heavy (non-hydrogen) atoms. The minimum atomic E-state index is -2.02. The lowest BCUT2D eigenvalue weighted by Crippen LogP contribution is -2.82. The van der Waals surface area contributed by atoms with Crippen molar-refractivity contribution in [3.8, 4) is 0 Å². The number of esters is 3. The highest BCUT2D eigenvalue weighted by Gasteiger charge is 2.78. The molecule has 0 unspecified atom stereocenters. The van der Waals surface area contributed by atoms with Crippen LogP contribution < -0.4 is 0 Å². The molecule has 1 heterocycles. The predicted octanol–water partition coefficient (Wildman–Crippen LogP) is 3.48. The number of rotatable bonds is 5. The summed E-state index contributed by atoms with van der Waals surface area (Å²) in [7, 11) is 0. The molecule has 1 saturated heterocycles. The maximum Gasteiger partial charge on any atom is 0.338 e. The zero-order valence-electron chi connectivity index (χ0n) is 28.0. The standard InChI is InChI=1S/C35H46O11/c1-18-22(46-31(4,5)6)16-35(41)29(44-30(40)21-13-11-10-12-14-21)27-33(9,23(38)15-24-34(27,17-42-24)45-20(3)37)28(39)26(43-19(2)36)25(18)32(35,7)8/h10-14,22-24,26-27,29,38,41H,15-17H2,1-9H3/t22-,23-,24+,26+,27+,29+,33+,34+,35+/m0/s1. The summed E-state index contributed by atoms with van der Waals surface area (Å²) in [5.41, 5.74) is -6.45. The number of hydrogen-bond acceptors (Lipinski definition) is 11. The SMILES string of the molecule is CC(=O)O[C@H]1C(=O)[C@]2(C)[C@@H](O)C[C@H]3OC[C@]3(OC(C)=O)[C@@H]2[C@@H](OC(=O)c2ccccc2)[C@]2(O)C[C@H](OC(C)(C)C)C(C)=C1C2(C)C. The number of aliphatic hydroxyl groups excluding tert-OH is 1. The molecule has 0 aromatic heterocycles. The third-order valence-corrected chi connectivity index (χ3v) is 10.7. The van der Waals surface area contributed by atoms with Gasteiger partial charge in [0.25, 0.3) is 0 Å². The number of benzene rings is 1. The molecule has 2 saturated carbocycles. The molecule has 3 fully saturated rings. The Hall–Kier alpha value is -3.12. The lowest BCUT2D eigenvalue weighted by molar-refractivity contribution is -0.346. The molecule has 0 amide bonds. The highest BCUT2D eigenvalue weighted by atomic mass is 16.6. The average Bonchev–Trinajstić information content (AvgIpc) is 2.94. The van der Waals surface area contributed by atoms with Crippen LogP contribution in [0.15, 0.2) is 41.5 Å². The van der Waals surface area contributed by atoms with Crippen LogP contribution in [0, 0.1) is 16.7 Å².